The molecule has 0 atom stereocenters. The van der Waals surface area contributed by atoms with Gasteiger partial charge in [0.2, 0.25) is 11.2 Å². The first kappa shape index (κ1) is 16.3. The van der Waals surface area contributed by atoms with Crippen molar-refractivity contribution in [2.75, 3.05) is 13.7 Å². The first-order chi connectivity index (χ1) is 12.6. The first-order valence-corrected chi connectivity index (χ1v) is 8.15. The molecule has 26 heavy (non-hydrogen) atoms. The van der Waals surface area contributed by atoms with Crippen LogP contribution in [0.1, 0.15) is 5.56 Å². The van der Waals surface area contributed by atoms with Crippen LogP contribution in [0, 0.1) is 5.82 Å². The topological polar surface area (TPSA) is 48.6 Å². The Morgan fingerprint density at radius 2 is 2.08 bits per heavy atom. The number of benzene rings is 2. The average molecular weight is 354 g/mol. The highest BCUT2D eigenvalue weighted by Crippen LogP contribution is 2.37. The molecule has 0 N–H and O–H groups in total. The van der Waals surface area contributed by atoms with Crippen molar-refractivity contribution in [3.8, 4) is 22.8 Å². The molecule has 2 aromatic carbocycles. The van der Waals surface area contributed by atoms with E-state index in [2.05, 4.69) is 9.30 Å². The number of nitrogens with zero attached hydrogens (tertiary/aromatic N) is 1. The van der Waals surface area contributed by atoms with E-state index in [1.165, 1.54) is 19.2 Å². The van der Waals surface area contributed by atoms with Crippen molar-refractivity contribution in [2.45, 2.75) is 6.61 Å². The Labute approximate surface area is 149 Å². The average Bonchev–Trinajstić information content (AvgIpc) is 2.65. The molecular formula is C20H17FNO4+. The SMILES string of the molecule is COC(=O)COc1ccc2c(c1)cc1c([n+]2C)-c2ccc(F)cc2OC1. The van der Waals surface area contributed by atoms with Gasteiger partial charge in [0, 0.05) is 12.1 Å². The molecule has 1 aliphatic rings. The lowest BCUT2D eigenvalue weighted by Crippen LogP contribution is -2.35. The predicted octanol–water partition coefficient (Wildman–Crippen LogP) is 2.91. The summed E-state index contributed by atoms with van der Waals surface area (Å²) in [5.74, 6) is 0.383. The van der Waals surface area contributed by atoms with E-state index in [1.807, 2.05) is 31.3 Å². The number of aryl methyl sites for hydroxylation is 1. The quantitative estimate of drug-likeness (QED) is 0.536. The molecule has 0 amide bonds. The van der Waals surface area contributed by atoms with Gasteiger partial charge in [-0.3, -0.25) is 0 Å². The molecule has 0 bridgehead atoms. The zero-order valence-electron chi connectivity index (χ0n) is 14.4. The number of fused-ring (bicyclic) bond motifs is 4. The number of esters is 1. The number of carbonyl (C=O) groups is 1. The molecule has 1 aromatic heterocycles. The van der Waals surface area contributed by atoms with Crippen molar-refractivity contribution < 1.29 is 28.0 Å². The van der Waals surface area contributed by atoms with Gasteiger partial charge in [0.1, 0.15) is 31.0 Å². The minimum atomic E-state index is -0.432. The Morgan fingerprint density at radius 3 is 2.88 bits per heavy atom. The summed E-state index contributed by atoms with van der Waals surface area (Å²) in [6.07, 6.45) is 0. The molecule has 0 saturated heterocycles. The highest BCUT2D eigenvalue weighted by molar-refractivity contribution is 5.82. The van der Waals surface area contributed by atoms with E-state index >= 15 is 0 Å². The number of rotatable bonds is 3. The molecule has 0 spiro atoms. The molecule has 0 radical (unpaired) electrons. The van der Waals surface area contributed by atoms with Crippen molar-refractivity contribution in [2.24, 2.45) is 7.05 Å². The number of aromatic nitrogens is 1. The van der Waals surface area contributed by atoms with Crippen LogP contribution >= 0.6 is 0 Å². The standard InChI is InChI=1S/C20H17FNO4/c1-22-17-6-4-15(25-11-19(23)24-2)8-12(17)7-13-10-26-18-9-14(21)3-5-16(18)20(13)22/h3-9H,10-11H2,1-2H3/q+1. The first-order valence-electron chi connectivity index (χ1n) is 8.15. The highest BCUT2D eigenvalue weighted by atomic mass is 19.1. The fourth-order valence-electron chi connectivity index (χ4n) is 3.27. The molecule has 6 heteroatoms. The minimum Gasteiger partial charge on any atom is -0.488 e. The van der Waals surface area contributed by atoms with Crippen molar-refractivity contribution in [1.29, 1.82) is 0 Å². The zero-order valence-corrected chi connectivity index (χ0v) is 14.4. The normalized spacial score (nSPS) is 12.1. The molecule has 2 heterocycles. The van der Waals surface area contributed by atoms with Crippen LogP contribution in [0.5, 0.6) is 11.5 Å². The highest BCUT2D eigenvalue weighted by Gasteiger charge is 2.27. The van der Waals surface area contributed by atoms with E-state index in [1.54, 1.807) is 6.07 Å². The second-order valence-electron chi connectivity index (χ2n) is 6.09. The van der Waals surface area contributed by atoms with Gasteiger partial charge in [0.15, 0.2) is 6.61 Å². The van der Waals surface area contributed by atoms with E-state index < -0.39 is 5.97 Å². The summed E-state index contributed by atoms with van der Waals surface area (Å²) < 4.78 is 31.3. The van der Waals surface area contributed by atoms with E-state index in [0.717, 1.165) is 27.7 Å². The second kappa shape index (κ2) is 6.29. The van der Waals surface area contributed by atoms with Gasteiger partial charge < -0.3 is 14.2 Å². The van der Waals surface area contributed by atoms with Gasteiger partial charge in [-0.2, -0.15) is 4.57 Å². The fraction of sp³-hybridized carbons (Fsp3) is 0.200. The number of ether oxygens (including phenoxy) is 3. The summed E-state index contributed by atoms with van der Waals surface area (Å²) in [5, 5.41) is 0.961. The minimum absolute atomic E-state index is 0.138. The summed E-state index contributed by atoms with van der Waals surface area (Å²) in [4.78, 5) is 11.2. The number of hydrogen-bond donors (Lipinski definition) is 0. The van der Waals surface area contributed by atoms with E-state index in [0.29, 0.717) is 18.1 Å². The van der Waals surface area contributed by atoms with E-state index in [-0.39, 0.29) is 12.4 Å². The summed E-state index contributed by atoms with van der Waals surface area (Å²) in [6.45, 7) is 0.226. The van der Waals surface area contributed by atoms with Gasteiger partial charge in [-0.25, -0.2) is 9.18 Å². The van der Waals surface area contributed by atoms with Crippen LogP contribution in [0.4, 0.5) is 4.39 Å². The van der Waals surface area contributed by atoms with Crippen molar-refractivity contribution in [3.63, 3.8) is 0 Å². The third-order valence-corrected chi connectivity index (χ3v) is 4.50. The smallest absolute Gasteiger partial charge is 0.343 e. The number of halogens is 1. The van der Waals surface area contributed by atoms with Gasteiger partial charge in [0.05, 0.1) is 23.6 Å². The van der Waals surface area contributed by atoms with Gasteiger partial charge in [-0.15, -0.1) is 0 Å². The molecule has 4 rings (SSSR count). The third-order valence-electron chi connectivity index (χ3n) is 4.50. The summed E-state index contributed by atoms with van der Waals surface area (Å²) >= 11 is 0. The van der Waals surface area contributed by atoms with Crippen LogP contribution < -0.4 is 14.0 Å². The number of hydrogen-bond acceptors (Lipinski definition) is 4. The van der Waals surface area contributed by atoms with Gasteiger partial charge in [-0.1, -0.05) is 0 Å². The van der Waals surface area contributed by atoms with Crippen LogP contribution in [-0.4, -0.2) is 19.7 Å². The van der Waals surface area contributed by atoms with Gasteiger partial charge >= 0.3 is 5.97 Å². The van der Waals surface area contributed by atoms with Crippen LogP contribution in [-0.2, 0) is 23.2 Å². The fourth-order valence-corrected chi connectivity index (χ4v) is 3.27. The number of carbonyl (C=O) groups excluding carboxylic acids is 1. The summed E-state index contributed by atoms with van der Waals surface area (Å²) in [5.41, 5.74) is 3.86. The molecule has 3 aromatic rings. The maximum Gasteiger partial charge on any atom is 0.343 e. The van der Waals surface area contributed by atoms with Crippen molar-refractivity contribution >= 4 is 16.9 Å². The molecule has 5 nitrogen and oxygen atoms in total. The lowest BCUT2D eigenvalue weighted by molar-refractivity contribution is -0.634. The molecule has 0 aliphatic carbocycles. The van der Waals surface area contributed by atoms with Crippen LogP contribution in [0.15, 0.2) is 42.5 Å². The van der Waals surface area contributed by atoms with Crippen LogP contribution in [0.25, 0.3) is 22.2 Å². The lowest BCUT2D eigenvalue weighted by atomic mass is 9.99. The maximum absolute atomic E-state index is 13.5. The van der Waals surface area contributed by atoms with E-state index in [9.17, 15) is 9.18 Å². The molecule has 132 valence electrons. The number of methoxy groups -OCH3 is 1. The Morgan fingerprint density at radius 1 is 1.23 bits per heavy atom. The Balaban J connectivity index is 1.79. The van der Waals surface area contributed by atoms with Crippen LogP contribution in [0.2, 0.25) is 0 Å². The maximum atomic E-state index is 13.5. The molecule has 1 aliphatic heterocycles. The third kappa shape index (κ3) is 2.73. The van der Waals surface area contributed by atoms with Crippen molar-refractivity contribution in [3.05, 3.63) is 53.8 Å². The molecule has 0 unspecified atom stereocenters. The van der Waals surface area contributed by atoms with Crippen molar-refractivity contribution in [1.82, 2.24) is 0 Å². The number of pyridine rings is 1. The Kier molecular flexibility index (Phi) is 3.95. The van der Waals surface area contributed by atoms with Gasteiger partial charge in [-0.05, 0) is 30.3 Å². The largest absolute Gasteiger partial charge is 0.488 e. The van der Waals surface area contributed by atoms with E-state index in [4.69, 9.17) is 9.47 Å². The monoisotopic (exact) mass is 354 g/mol. The summed E-state index contributed by atoms with van der Waals surface area (Å²) in [7, 11) is 3.29. The summed E-state index contributed by atoms with van der Waals surface area (Å²) in [6, 6.07) is 12.2. The molecule has 0 fully saturated rings. The van der Waals surface area contributed by atoms with Crippen LogP contribution in [0.3, 0.4) is 0 Å². The predicted molar refractivity (Wildman–Crippen MR) is 92.4 cm³/mol. The lowest BCUT2D eigenvalue weighted by Gasteiger charge is -2.19. The Hall–Kier alpha value is -3.15. The molecule has 0 saturated carbocycles. The molecular weight excluding hydrogens is 337 g/mol. The van der Waals surface area contributed by atoms with Gasteiger partial charge in [0.25, 0.3) is 0 Å². The second-order valence-corrected chi connectivity index (χ2v) is 6.09. The zero-order chi connectivity index (χ0) is 18.3. The Bertz CT molecular complexity index is 1030.